The maximum absolute atomic E-state index is 5.94. The second-order valence-corrected chi connectivity index (χ2v) is 7.29. The van der Waals surface area contributed by atoms with Crippen LogP contribution in [0.2, 0.25) is 0 Å². The van der Waals surface area contributed by atoms with Crippen molar-refractivity contribution in [2.24, 2.45) is 0 Å². The molecule has 2 nitrogen and oxygen atoms in total. The summed E-state index contributed by atoms with van der Waals surface area (Å²) in [6.07, 6.45) is 5.37. The van der Waals surface area contributed by atoms with Gasteiger partial charge in [-0.05, 0) is 43.9 Å². The molecule has 0 aromatic heterocycles. The first-order valence-electron chi connectivity index (χ1n) is 7.93. The molecule has 2 heterocycles. The highest BCUT2D eigenvalue weighted by Gasteiger charge is 2.27. The van der Waals surface area contributed by atoms with Gasteiger partial charge in [0.1, 0.15) is 0 Å². The van der Waals surface area contributed by atoms with Crippen molar-refractivity contribution in [3.8, 4) is 0 Å². The lowest BCUT2D eigenvalue weighted by atomic mass is 10.1. The fourth-order valence-electron chi connectivity index (χ4n) is 3.24. The number of benzene rings is 1. The number of ether oxygens (including phenoxy) is 1. The largest absolute Gasteiger partial charge is 0.377 e. The van der Waals surface area contributed by atoms with Crippen LogP contribution in [-0.4, -0.2) is 42.5 Å². The minimum absolute atomic E-state index is 0.470. The molecule has 0 amide bonds. The normalized spacial score (nSPS) is 26.6. The van der Waals surface area contributed by atoms with Crippen molar-refractivity contribution < 1.29 is 4.74 Å². The minimum atomic E-state index is 0.470. The zero-order chi connectivity index (χ0) is 13.8. The van der Waals surface area contributed by atoms with Crippen LogP contribution < -0.4 is 0 Å². The predicted molar refractivity (Wildman–Crippen MR) is 85.5 cm³/mol. The summed E-state index contributed by atoms with van der Waals surface area (Å²) in [6, 6.07) is 8.87. The molecule has 1 aromatic carbocycles. The summed E-state index contributed by atoms with van der Waals surface area (Å²) in [5.41, 5.74) is 1.54. The molecule has 0 aliphatic carbocycles. The van der Waals surface area contributed by atoms with E-state index in [-0.39, 0.29) is 0 Å². The van der Waals surface area contributed by atoms with Crippen molar-refractivity contribution in [3.05, 3.63) is 29.8 Å². The molecule has 2 aliphatic rings. The van der Waals surface area contributed by atoms with E-state index in [1.54, 1.807) is 5.56 Å². The monoisotopic (exact) mass is 291 g/mol. The van der Waals surface area contributed by atoms with Gasteiger partial charge in [0, 0.05) is 29.8 Å². The lowest BCUT2D eigenvalue weighted by Crippen LogP contribution is -2.42. The van der Waals surface area contributed by atoms with E-state index in [2.05, 4.69) is 47.9 Å². The number of hydrogen-bond acceptors (Lipinski definition) is 3. The molecule has 20 heavy (non-hydrogen) atoms. The first-order valence-corrected chi connectivity index (χ1v) is 8.81. The summed E-state index contributed by atoms with van der Waals surface area (Å²) in [7, 11) is 0. The minimum Gasteiger partial charge on any atom is -0.377 e. The van der Waals surface area contributed by atoms with Gasteiger partial charge in [0.25, 0.3) is 0 Å². The van der Waals surface area contributed by atoms with Crippen molar-refractivity contribution >= 4 is 11.8 Å². The molecular formula is C17H25NOS. The van der Waals surface area contributed by atoms with Crippen LogP contribution in [0.5, 0.6) is 0 Å². The Labute approximate surface area is 126 Å². The highest BCUT2D eigenvalue weighted by molar-refractivity contribution is 8.00. The van der Waals surface area contributed by atoms with Gasteiger partial charge in [-0.25, -0.2) is 0 Å². The van der Waals surface area contributed by atoms with Gasteiger partial charge in [0.2, 0.25) is 0 Å². The number of thioether (sulfide) groups is 1. The Bertz CT molecular complexity index is 412. The molecule has 0 spiro atoms. The fourth-order valence-corrected chi connectivity index (χ4v) is 4.61. The molecule has 2 aliphatic heterocycles. The third-order valence-corrected chi connectivity index (χ3v) is 5.50. The standard InChI is InChI=1S/C17H25NOS/c1-2-10-19-15-7-5-9-18(12-15)13-16-11-14-6-3-4-8-17(14)20-16/h3-4,6,8,15-16H,2,5,7,9-13H2,1H3. The number of piperidine rings is 1. The molecule has 2 unspecified atom stereocenters. The molecule has 3 rings (SSSR count). The van der Waals surface area contributed by atoms with E-state index in [1.165, 1.54) is 37.2 Å². The predicted octanol–water partition coefficient (Wildman–Crippen LogP) is 3.59. The number of hydrogen-bond donors (Lipinski definition) is 0. The average Bonchev–Trinajstić information content (AvgIpc) is 2.87. The Morgan fingerprint density at radius 1 is 1.35 bits per heavy atom. The van der Waals surface area contributed by atoms with Crippen molar-refractivity contribution in [1.29, 1.82) is 0 Å². The number of rotatable bonds is 5. The first-order chi connectivity index (χ1) is 9.85. The molecule has 0 radical (unpaired) electrons. The third-order valence-electron chi connectivity index (χ3n) is 4.20. The number of fused-ring (bicyclic) bond motifs is 1. The summed E-state index contributed by atoms with van der Waals surface area (Å²) in [6.45, 7) is 6.70. The van der Waals surface area contributed by atoms with Crippen LogP contribution in [-0.2, 0) is 11.2 Å². The highest BCUT2D eigenvalue weighted by Crippen LogP contribution is 2.37. The molecule has 0 saturated carbocycles. The number of likely N-dealkylation sites (tertiary alicyclic amines) is 1. The Balaban J connectivity index is 1.49. The summed E-state index contributed by atoms with van der Waals surface area (Å²) in [4.78, 5) is 4.11. The van der Waals surface area contributed by atoms with Crippen LogP contribution in [0, 0.1) is 0 Å². The maximum atomic E-state index is 5.94. The van der Waals surface area contributed by atoms with Gasteiger partial charge in [-0.3, -0.25) is 4.90 Å². The quantitative estimate of drug-likeness (QED) is 0.822. The van der Waals surface area contributed by atoms with Crippen molar-refractivity contribution in [1.82, 2.24) is 4.90 Å². The molecule has 1 fully saturated rings. The van der Waals surface area contributed by atoms with Gasteiger partial charge < -0.3 is 4.74 Å². The van der Waals surface area contributed by atoms with Crippen molar-refractivity contribution in [3.63, 3.8) is 0 Å². The first kappa shape index (κ1) is 14.4. The fraction of sp³-hybridized carbons (Fsp3) is 0.647. The maximum Gasteiger partial charge on any atom is 0.0702 e. The third kappa shape index (κ3) is 3.57. The molecule has 2 atom stereocenters. The Kier molecular flexibility index (Phi) is 5.03. The Hall–Kier alpha value is -0.510. The van der Waals surface area contributed by atoms with Crippen LogP contribution >= 0.6 is 11.8 Å². The summed E-state index contributed by atoms with van der Waals surface area (Å²) in [5.74, 6) is 0. The van der Waals surface area contributed by atoms with Crippen LogP contribution in [0.15, 0.2) is 29.2 Å². The topological polar surface area (TPSA) is 12.5 Å². The van der Waals surface area contributed by atoms with E-state index in [0.717, 1.165) is 24.8 Å². The van der Waals surface area contributed by atoms with Gasteiger partial charge in [0.15, 0.2) is 0 Å². The summed E-state index contributed by atoms with van der Waals surface area (Å²) in [5, 5.41) is 0.734. The van der Waals surface area contributed by atoms with Crippen LogP contribution in [0.3, 0.4) is 0 Å². The molecule has 0 bridgehead atoms. The second kappa shape index (κ2) is 6.97. The molecule has 1 saturated heterocycles. The highest BCUT2D eigenvalue weighted by atomic mass is 32.2. The lowest BCUT2D eigenvalue weighted by molar-refractivity contribution is 0.000249. The molecule has 3 heteroatoms. The van der Waals surface area contributed by atoms with E-state index >= 15 is 0 Å². The average molecular weight is 291 g/mol. The van der Waals surface area contributed by atoms with Crippen LogP contribution in [0.4, 0.5) is 0 Å². The van der Waals surface area contributed by atoms with E-state index in [0.29, 0.717) is 6.10 Å². The lowest BCUT2D eigenvalue weighted by Gasteiger charge is -2.33. The summed E-state index contributed by atoms with van der Waals surface area (Å²) >= 11 is 2.07. The Morgan fingerprint density at radius 3 is 3.10 bits per heavy atom. The zero-order valence-corrected chi connectivity index (χ0v) is 13.2. The van der Waals surface area contributed by atoms with Gasteiger partial charge in [-0.15, -0.1) is 11.8 Å². The van der Waals surface area contributed by atoms with E-state index in [4.69, 9.17) is 4.74 Å². The van der Waals surface area contributed by atoms with Crippen molar-refractivity contribution in [2.45, 2.75) is 48.9 Å². The smallest absolute Gasteiger partial charge is 0.0702 e. The molecule has 0 N–H and O–H groups in total. The van der Waals surface area contributed by atoms with E-state index < -0.39 is 0 Å². The molecule has 110 valence electrons. The van der Waals surface area contributed by atoms with Gasteiger partial charge in [-0.2, -0.15) is 0 Å². The second-order valence-electron chi connectivity index (χ2n) is 5.95. The SMILES string of the molecule is CCCOC1CCCN(CC2Cc3ccccc3S2)C1. The van der Waals surface area contributed by atoms with E-state index in [9.17, 15) is 0 Å². The van der Waals surface area contributed by atoms with Gasteiger partial charge in [-0.1, -0.05) is 25.1 Å². The number of nitrogens with zero attached hydrogens (tertiary/aromatic N) is 1. The molecular weight excluding hydrogens is 266 g/mol. The molecule has 1 aromatic rings. The van der Waals surface area contributed by atoms with Gasteiger partial charge >= 0.3 is 0 Å². The zero-order valence-electron chi connectivity index (χ0n) is 12.4. The van der Waals surface area contributed by atoms with E-state index in [1.807, 2.05) is 0 Å². The van der Waals surface area contributed by atoms with Gasteiger partial charge in [0.05, 0.1) is 6.10 Å². The summed E-state index contributed by atoms with van der Waals surface area (Å²) < 4.78 is 5.94. The van der Waals surface area contributed by atoms with Crippen LogP contribution in [0.25, 0.3) is 0 Å². The van der Waals surface area contributed by atoms with Crippen molar-refractivity contribution in [2.75, 3.05) is 26.2 Å². The van der Waals surface area contributed by atoms with Crippen LogP contribution in [0.1, 0.15) is 31.7 Å². The Morgan fingerprint density at radius 2 is 2.25 bits per heavy atom.